The van der Waals surface area contributed by atoms with Gasteiger partial charge >= 0.3 is 0 Å². The molecular formula is C13H26N2S. The molecule has 0 aromatic carbocycles. The molecule has 2 fully saturated rings. The van der Waals surface area contributed by atoms with Crippen LogP contribution >= 0.6 is 11.8 Å². The number of rotatable bonds is 3. The molecule has 2 unspecified atom stereocenters. The van der Waals surface area contributed by atoms with Gasteiger partial charge in [-0.2, -0.15) is 11.8 Å². The van der Waals surface area contributed by atoms with Crippen LogP contribution in [0.3, 0.4) is 0 Å². The number of hydrogen-bond donors (Lipinski definition) is 1. The van der Waals surface area contributed by atoms with Crippen molar-refractivity contribution in [3.8, 4) is 0 Å². The Morgan fingerprint density at radius 3 is 2.94 bits per heavy atom. The van der Waals surface area contributed by atoms with E-state index in [4.69, 9.17) is 0 Å². The molecule has 2 atom stereocenters. The maximum atomic E-state index is 3.89. The van der Waals surface area contributed by atoms with E-state index in [9.17, 15) is 0 Å². The fraction of sp³-hybridized carbons (Fsp3) is 1.00. The van der Waals surface area contributed by atoms with Crippen LogP contribution in [0.25, 0.3) is 0 Å². The van der Waals surface area contributed by atoms with E-state index in [1.807, 2.05) is 0 Å². The molecule has 2 heterocycles. The van der Waals surface area contributed by atoms with Crippen LogP contribution in [0.5, 0.6) is 0 Å². The largest absolute Gasteiger partial charge is 0.307 e. The molecule has 2 rings (SSSR count). The molecule has 0 saturated carbocycles. The third-order valence-electron chi connectivity index (χ3n) is 4.17. The number of hydrogen-bond acceptors (Lipinski definition) is 3. The topological polar surface area (TPSA) is 15.3 Å². The summed E-state index contributed by atoms with van der Waals surface area (Å²) in [6.07, 6.45) is 3.95. The number of piperidine rings is 1. The maximum Gasteiger partial charge on any atom is 0.0340 e. The number of fused-ring (bicyclic) bond motifs is 1. The third kappa shape index (κ3) is 2.93. The molecule has 3 heteroatoms. The number of nitrogens with zero attached hydrogens (tertiary/aromatic N) is 1. The van der Waals surface area contributed by atoms with Gasteiger partial charge in [-0.3, -0.25) is 4.90 Å². The van der Waals surface area contributed by atoms with Crippen LogP contribution in [0, 0.1) is 0 Å². The Hall–Kier alpha value is 0.270. The van der Waals surface area contributed by atoms with Crippen molar-refractivity contribution in [2.45, 2.75) is 57.7 Å². The van der Waals surface area contributed by atoms with Crippen molar-refractivity contribution in [1.82, 2.24) is 10.2 Å². The Kier molecular flexibility index (Phi) is 4.20. The van der Waals surface area contributed by atoms with Gasteiger partial charge in [0, 0.05) is 35.7 Å². The van der Waals surface area contributed by atoms with Crippen molar-refractivity contribution < 1.29 is 0 Å². The van der Waals surface area contributed by atoms with Crippen LogP contribution in [0.1, 0.15) is 40.0 Å². The standard InChI is InChI=1S/C13H26N2S/c1-4-13(2,3)14-11-6-5-7-15-8-9-16-10-12(11)15/h11-12,14H,4-10H2,1-3H3. The van der Waals surface area contributed by atoms with E-state index >= 15 is 0 Å². The average Bonchev–Trinajstić information content (AvgIpc) is 2.29. The molecule has 2 nitrogen and oxygen atoms in total. The molecule has 1 N–H and O–H groups in total. The Morgan fingerprint density at radius 1 is 1.38 bits per heavy atom. The van der Waals surface area contributed by atoms with Gasteiger partial charge in [-0.05, 0) is 39.7 Å². The summed E-state index contributed by atoms with van der Waals surface area (Å²) in [6, 6.07) is 1.51. The normalized spacial score (nSPS) is 32.4. The van der Waals surface area contributed by atoms with Crippen LogP contribution in [0.4, 0.5) is 0 Å². The maximum absolute atomic E-state index is 3.89. The Bertz CT molecular complexity index is 228. The van der Waals surface area contributed by atoms with Gasteiger partial charge in [0.05, 0.1) is 0 Å². The van der Waals surface area contributed by atoms with Gasteiger partial charge in [-0.1, -0.05) is 6.92 Å². The van der Waals surface area contributed by atoms with E-state index in [0.717, 1.165) is 12.1 Å². The third-order valence-corrected chi connectivity index (χ3v) is 5.21. The summed E-state index contributed by atoms with van der Waals surface area (Å²) in [4.78, 5) is 2.71. The highest BCUT2D eigenvalue weighted by Crippen LogP contribution is 2.27. The lowest BCUT2D eigenvalue weighted by Crippen LogP contribution is -2.61. The van der Waals surface area contributed by atoms with E-state index in [2.05, 4.69) is 42.7 Å². The first-order valence-electron chi connectivity index (χ1n) is 6.72. The minimum Gasteiger partial charge on any atom is -0.307 e. The van der Waals surface area contributed by atoms with E-state index in [0.29, 0.717) is 5.54 Å². The van der Waals surface area contributed by atoms with E-state index in [1.54, 1.807) is 0 Å². The molecule has 94 valence electrons. The molecule has 2 saturated heterocycles. The van der Waals surface area contributed by atoms with Crippen molar-refractivity contribution in [3.63, 3.8) is 0 Å². The van der Waals surface area contributed by atoms with Gasteiger partial charge < -0.3 is 5.32 Å². The van der Waals surface area contributed by atoms with E-state index in [1.165, 1.54) is 43.9 Å². The lowest BCUT2D eigenvalue weighted by atomic mass is 9.92. The predicted molar refractivity (Wildman–Crippen MR) is 73.2 cm³/mol. The zero-order chi connectivity index (χ0) is 11.6. The zero-order valence-electron chi connectivity index (χ0n) is 11.0. The van der Waals surface area contributed by atoms with Gasteiger partial charge in [0.15, 0.2) is 0 Å². The fourth-order valence-corrected chi connectivity index (χ4v) is 4.00. The van der Waals surface area contributed by atoms with E-state index < -0.39 is 0 Å². The van der Waals surface area contributed by atoms with Gasteiger partial charge in [-0.15, -0.1) is 0 Å². The summed E-state index contributed by atoms with van der Waals surface area (Å²) in [5.74, 6) is 2.66. The predicted octanol–water partition coefficient (Wildman–Crippen LogP) is 2.34. The van der Waals surface area contributed by atoms with Crippen molar-refractivity contribution in [3.05, 3.63) is 0 Å². The van der Waals surface area contributed by atoms with E-state index in [-0.39, 0.29) is 0 Å². The molecule has 0 aliphatic carbocycles. The smallest absolute Gasteiger partial charge is 0.0340 e. The highest BCUT2D eigenvalue weighted by molar-refractivity contribution is 7.99. The Morgan fingerprint density at radius 2 is 2.19 bits per heavy atom. The second-order valence-corrected chi connectivity index (χ2v) is 6.96. The van der Waals surface area contributed by atoms with Crippen molar-refractivity contribution >= 4 is 11.8 Å². The molecule has 0 aromatic rings. The summed E-state index contributed by atoms with van der Waals surface area (Å²) >= 11 is 2.14. The average molecular weight is 242 g/mol. The SMILES string of the molecule is CCC(C)(C)NC1CCCN2CCSCC12. The minimum atomic E-state index is 0.301. The lowest BCUT2D eigenvalue weighted by Gasteiger charge is -2.46. The van der Waals surface area contributed by atoms with Gasteiger partial charge in [0.1, 0.15) is 0 Å². The molecule has 0 bridgehead atoms. The van der Waals surface area contributed by atoms with Crippen LogP contribution in [0.15, 0.2) is 0 Å². The van der Waals surface area contributed by atoms with Crippen LogP contribution in [-0.4, -0.2) is 47.1 Å². The molecule has 0 aromatic heterocycles. The Labute approximate surface area is 105 Å². The van der Waals surface area contributed by atoms with Crippen LogP contribution in [0.2, 0.25) is 0 Å². The number of nitrogens with one attached hydrogen (secondary N) is 1. The summed E-state index contributed by atoms with van der Waals surface area (Å²) in [5.41, 5.74) is 0.301. The molecule has 16 heavy (non-hydrogen) atoms. The highest BCUT2D eigenvalue weighted by atomic mass is 32.2. The summed E-state index contributed by atoms with van der Waals surface area (Å²) in [6.45, 7) is 9.59. The number of thioether (sulfide) groups is 1. The molecular weight excluding hydrogens is 216 g/mol. The molecule has 2 aliphatic rings. The summed E-state index contributed by atoms with van der Waals surface area (Å²) in [7, 11) is 0. The van der Waals surface area contributed by atoms with Crippen LogP contribution < -0.4 is 5.32 Å². The van der Waals surface area contributed by atoms with Crippen LogP contribution in [-0.2, 0) is 0 Å². The second-order valence-electron chi connectivity index (χ2n) is 5.81. The molecule has 2 aliphatic heterocycles. The summed E-state index contributed by atoms with van der Waals surface area (Å²) < 4.78 is 0. The fourth-order valence-electron chi connectivity index (χ4n) is 2.78. The molecule has 0 radical (unpaired) electrons. The first-order chi connectivity index (χ1) is 7.62. The summed E-state index contributed by atoms with van der Waals surface area (Å²) in [5, 5.41) is 3.89. The molecule has 0 spiro atoms. The van der Waals surface area contributed by atoms with Crippen molar-refractivity contribution in [1.29, 1.82) is 0 Å². The first kappa shape index (κ1) is 12.7. The lowest BCUT2D eigenvalue weighted by molar-refractivity contribution is 0.112. The Balaban J connectivity index is 1.97. The van der Waals surface area contributed by atoms with Crippen molar-refractivity contribution in [2.75, 3.05) is 24.6 Å². The second kappa shape index (κ2) is 5.28. The zero-order valence-corrected chi connectivity index (χ0v) is 11.8. The van der Waals surface area contributed by atoms with Gasteiger partial charge in [0.2, 0.25) is 0 Å². The highest BCUT2D eigenvalue weighted by Gasteiger charge is 2.35. The van der Waals surface area contributed by atoms with Crippen molar-refractivity contribution in [2.24, 2.45) is 0 Å². The molecule has 0 amide bonds. The van der Waals surface area contributed by atoms with Gasteiger partial charge in [-0.25, -0.2) is 0 Å². The monoisotopic (exact) mass is 242 g/mol. The van der Waals surface area contributed by atoms with Gasteiger partial charge in [0.25, 0.3) is 0 Å². The quantitative estimate of drug-likeness (QED) is 0.818. The minimum absolute atomic E-state index is 0.301. The first-order valence-corrected chi connectivity index (χ1v) is 7.87.